The van der Waals surface area contributed by atoms with Crippen molar-refractivity contribution in [1.82, 2.24) is 10.4 Å². The smallest absolute Gasteiger partial charge is 0.238 e. The Bertz CT molecular complexity index is 163. The van der Waals surface area contributed by atoms with Crippen molar-refractivity contribution in [2.24, 2.45) is 0 Å². The molecule has 1 heterocycles. The van der Waals surface area contributed by atoms with Crippen LogP contribution in [0.2, 0.25) is 0 Å². The minimum atomic E-state index is 0.289. The van der Waals surface area contributed by atoms with Crippen LogP contribution >= 0.6 is 0 Å². The van der Waals surface area contributed by atoms with Gasteiger partial charge in [-0.25, -0.2) is 5.43 Å². The van der Waals surface area contributed by atoms with Gasteiger partial charge in [-0.2, -0.15) is 0 Å². The minimum absolute atomic E-state index is 0.289. The maximum absolute atomic E-state index is 11.2. The van der Waals surface area contributed by atoms with Crippen LogP contribution in [-0.2, 0) is 4.79 Å². The van der Waals surface area contributed by atoms with Crippen LogP contribution in [0.15, 0.2) is 0 Å². The fourth-order valence-corrected chi connectivity index (χ4v) is 1.99. The van der Waals surface area contributed by atoms with E-state index in [1.54, 1.807) is 0 Å². The summed E-state index contributed by atoms with van der Waals surface area (Å²) >= 11 is 0. The Morgan fingerprint density at radius 2 is 2.09 bits per heavy atom. The molecule has 1 aliphatic heterocycles. The fourth-order valence-electron chi connectivity index (χ4n) is 1.99. The number of rotatable bonds is 1. The topological polar surface area (TPSA) is 32.3 Å². The summed E-state index contributed by atoms with van der Waals surface area (Å²) in [6, 6.07) is 0.505. The largest absolute Gasteiger partial charge is 0.275 e. The van der Waals surface area contributed by atoms with E-state index in [4.69, 9.17) is 0 Å². The predicted octanol–water partition coefficient (Wildman–Crippen LogP) is 0.666. The Hall–Kier alpha value is -0.570. The van der Waals surface area contributed by atoms with Crippen LogP contribution in [0.4, 0.5) is 0 Å². The molecule has 11 heavy (non-hydrogen) atoms. The molecule has 1 N–H and O–H groups in total. The van der Waals surface area contributed by atoms with Crippen LogP contribution in [-0.4, -0.2) is 23.5 Å². The second-order valence-electron chi connectivity index (χ2n) is 3.36. The van der Waals surface area contributed by atoms with E-state index in [0.717, 1.165) is 6.54 Å². The summed E-state index contributed by atoms with van der Waals surface area (Å²) in [6.45, 7) is 0.843. The Balaban J connectivity index is 1.97. The van der Waals surface area contributed by atoms with Gasteiger partial charge in [-0.15, -0.1) is 0 Å². The van der Waals surface area contributed by atoms with Crippen molar-refractivity contribution in [3.05, 3.63) is 0 Å². The monoisotopic (exact) mass is 154 g/mol. The van der Waals surface area contributed by atoms with Gasteiger partial charge in [-0.3, -0.25) is 9.80 Å². The van der Waals surface area contributed by atoms with Gasteiger partial charge in [0, 0.05) is 19.0 Å². The zero-order valence-corrected chi connectivity index (χ0v) is 6.68. The summed E-state index contributed by atoms with van der Waals surface area (Å²) in [5, 5.41) is 1.85. The molecule has 2 aliphatic rings. The fraction of sp³-hybridized carbons (Fsp3) is 0.875. The average molecular weight is 154 g/mol. The quantitative estimate of drug-likeness (QED) is 0.602. The summed E-state index contributed by atoms with van der Waals surface area (Å²) in [5.41, 5.74) is 3.13. The average Bonchev–Trinajstić information content (AvgIpc) is 2.55. The molecule has 1 aliphatic carbocycles. The molecule has 0 aromatic carbocycles. The first-order chi connectivity index (χ1) is 5.38. The van der Waals surface area contributed by atoms with Gasteiger partial charge in [0.2, 0.25) is 5.91 Å². The molecule has 1 saturated heterocycles. The number of nitrogens with one attached hydrogen (secondary N) is 1. The lowest BCUT2D eigenvalue weighted by Gasteiger charge is -2.22. The van der Waals surface area contributed by atoms with Crippen molar-refractivity contribution in [2.45, 2.75) is 38.1 Å². The molecule has 0 bridgehead atoms. The van der Waals surface area contributed by atoms with E-state index in [2.05, 4.69) is 5.43 Å². The van der Waals surface area contributed by atoms with Crippen LogP contribution in [0.3, 0.4) is 0 Å². The van der Waals surface area contributed by atoms with E-state index in [1.165, 1.54) is 25.7 Å². The number of carbonyl (C=O) groups is 1. The third kappa shape index (κ3) is 1.25. The molecule has 3 nitrogen and oxygen atoms in total. The third-order valence-electron chi connectivity index (χ3n) is 2.58. The molecule has 0 atom stereocenters. The third-order valence-corrected chi connectivity index (χ3v) is 2.58. The standard InChI is InChI=1S/C8H14N2O/c11-8-5-6-9-10(8)7-3-1-2-4-7/h7,9H,1-6H2. The summed E-state index contributed by atoms with van der Waals surface area (Å²) in [6.07, 6.45) is 5.65. The maximum Gasteiger partial charge on any atom is 0.238 e. The van der Waals surface area contributed by atoms with Gasteiger partial charge in [-0.1, -0.05) is 12.8 Å². The van der Waals surface area contributed by atoms with Gasteiger partial charge in [-0.05, 0) is 12.8 Å². The van der Waals surface area contributed by atoms with E-state index in [1.807, 2.05) is 5.01 Å². The Morgan fingerprint density at radius 1 is 1.36 bits per heavy atom. The van der Waals surface area contributed by atoms with Crippen LogP contribution < -0.4 is 5.43 Å². The molecule has 1 saturated carbocycles. The Morgan fingerprint density at radius 3 is 2.64 bits per heavy atom. The lowest BCUT2D eigenvalue weighted by Crippen LogP contribution is -2.41. The maximum atomic E-state index is 11.2. The number of amides is 1. The Labute approximate surface area is 66.7 Å². The number of hydrogen-bond acceptors (Lipinski definition) is 2. The lowest BCUT2D eigenvalue weighted by molar-refractivity contribution is -0.131. The molecule has 0 spiro atoms. The van der Waals surface area contributed by atoms with Crippen molar-refractivity contribution >= 4 is 5.91 Å². The SMILES string of the molecule is O=C1CCNN1C1CCCC1. The van der Waals surface area contributed by atoms with Gasteiger partial charge in [0.05, 0.1) is 0 Å². The number of nitrogens with zero attached hydrogens (tertiary/aromatic N) is 1. The van der Waals surface area contributed by atoms with Crippen LogP contribution in [0, 0.1) is 0 Å². The van der Waals surface area contributed by atoms with Crippen LogP contribution in [0.5, 0.6) is 0 Å². The second-order valence-corrected chi connectivity index (χ2v) is 3.36. The number of carbonyl (C=O) groups excluding carboxylic acids is 1. The van der Waals surface area contributed by atoms with E-state index in [0.29, 0.717) is 12.5 Å². The summed E-state index contributed by atoms with van der Waals surface area (Å²) in [4.78, 5) is 11.2. The molecule has 3 heteroatoms. The molecular formula is C8H14N2O. The van der Waals surface area contributed by atoms with E-state index < -0.39 is 0 Å². The second kappa shape index (κ2) is 2.81. The minimum Gasteiger partial charge on any atom is -0.275 e. The normalized spacial score (nSPS) is 26.9. The summed E-state index contributed by atoms with van der Waals surface area (Å²) in [7, 11) is 0. The van der Waals surface area contributed by atoms with Crippen molar-refractivity contribution < 1.29 is 4.79 Å². The van der Waals surface area contributed by atoms with Gasteiger partial charge in [0.25, 0.3) is 0 Å². The van der Waals surface area contributed by atoms with Crippen molar-refractivity contribution in [3.8, 4) is 0 Å². The first-order valence-corrected chi connectivity index (χ1v) is 4.43. The summed E-state index contributed by atoms with van der Waals surface area (Å²) < 4.78 is 0. The number of hydrazine groups is 1. The highest BCUT2D eigenvalue weighted by Gasteiger charge is 2.29. The van der Waals surface area contributed by atoms with Crippen LogP contribution in [0.25, 0.3) is 0 Å². The molecule has 2 fully saturated rings. The molecule has 62 valence electrons. The van der Waals surface area contributed by atoms with Gasteiger partial charge >= 0.3 is 0 Å². The molecule has 1 amide bonds. The highest BCUT2D eigenvalue weighted by atomic mass is 16.2. The van der Waals surface area contributed by atoms with E-state index >= 15 is 0 Å². The lowest BCUT2D eigenvalue weighted by atomic mass is 10.2. The molecular weight excluding hydrogens is 140 g/mol. The summed E-state index contributed by atoms with van der Waals surface area (Å²) in [5.74, 6) is 0.289. The molecule has 2 rings (SSSR count). The van der Waals surface area contributed by atoms with E-state index in [-0.39, 0.29) is 5.91 Å². The molecule has 0 radical (unpaired) electrons. The number of hydrogen-bond donors (Lipinski definition) is 1. The first-order valence-electron chi connectivity index (χ1n) is 4.43. The molecule has 0 aromatic rings. The highest BCUT2D eigenvalue weighted by Crippen LogP contribution is 2.23. The zero-order chi connectivity index (χ0) is 7.68. The van der Waals surface area contributed by atoms with Crippen molar-refractivity contribution in [1.29, 1.82) is 0 Å². The highest BCUT2D eigenvalue weighted by molar-refractivity contribution is 5.77. The van der Waals surface area contributed by atoms with Crippen molar-refractivity contribution in [2.75, 3.05) is 6.54 Å². The van der Waals surface area contributed by atoms with Gasteiger partial charge in [0.1, 0.15) is 0 Å². The molecule has 0 unspecified atom stereocenters. The van der Waals surface area contributed by atoms with Crippen molar-refractivity contribution in [3.63, 3.8) is 0 Å². The van der Waals surface area contributed by atoms with Gasteiger partial charge in [0.15, 0.2) is 0 Å². The van der Waals surface area contributed by atoms with Crippen LogP contribution in [0.1, 0.15) is 32.1 Å². The predicted molar refractivity (Wildman–Crippen MR) is 41.7 cm³/mol. The Kier molecular flexibility index (Phi) is 1.82. The van der Waals surface area contributed by atoms with Gasteiger partial charge < -0.3 is 0 Å². The first kappa shape index (κ1) is 7.10. The molecule has 0 aromatic heterocycles. The zero-order valence-electron chi connectivity index (χ0n) is 6.68. The van der Waals surface area contributed by atoms with E-state index in [9.17, 15) is 4.79 Å².